The molecule has 3 rings (SSSR count). The highest BCUT2D eigenvalue weighted by Gasteiger charge is 2.30. The van der Waals surface area contributed by atoms with Crippen molar-refractivity contribution < 1.29 is 5.11 Å². The number of hydrogen-bond donors (Lipinski definition) is 1. The maximum Gasteiger partial charge on any atom is 0.0660 e. The minimum atomic E-state index is -0.393. The number of nitrogens with zero attached hydrogens (tertiary/aromatic N) is 2. The molecular weight excluding hydrogens is 260 g/mol. The van der Waals surface area contributed by atoms with Gasteiger partial charge in [0.15, 0.2) is 0 Å². The summed E-state index contributed by atoms with van der Waals surface area (Å²) < 4.78 is 2.17. The molecule has 1 aliphatic rings. The third-order valence-electron chi connectivity index (χ3n) is 4.90. The van der Waals surface area contributed by atoms with Gasteiger partial charge in [0.05, 0.1) is 5.60 Å². The lowest BCUT2D eigenvalue weighted by Crippen LogP contribution is -2.31. The largest absolute Gasteiger partial charge is 0.390 e. The molecule has 1 fully saturated rings. The number of aliphatic hydroxyl groups is 1. The van der Waals surface area contributed by atoms with Crippen LogP contribution in [0, 0.1) is 0 Å². The van der Waals surface area contributed by atoms with Crippen molar-refractivity contribution in [1.82, 2.24) is 9.47 Å². The predicted octanol–water partition coefficient (Wildman–Crippen LogP) is 3.31. The molecule has 3 heteroatoms. The number of hydrogen-bond acceptors (Lipinski definition) is 2. The maximum atomic E-state index is 10.4. The molecule has 1 aromatic heterocycles. The third kappa shape index (κ3) is 3.30. The Kier molecular flexibility index (Phi) is 4.05. The van der Waals surface area contributed by atoms with Gasteiger partial charge >= 0.3 is 0 Å². The van der Waals surface area contributed by atoms with E-state index in [2.05, 4.69) is 54.0 Å². The highest BCUT2D eigenvalue weighted by molar-refractivity contribution is 5.80. The summed E-state index contributed by atoms with van der Waals surface area (Å²) in [6, 6.07) is 8.83. The Morgan fingerprint density at radius 1 is 1.24 bits per heavy atom. The summed E-state index contributed by atoms with van der Waals surface area (Å²) in [6.07, 6.45) is 7.34. The lowest BCUT2D eigenvalue weighted by molar-refractivity contribution is 0.0297. The van der Waals surface area contributed by atoms with E-state index in [1.165, 1.54) is 29.3 Å². The van der Waals surface area contributed by atoms with E-state index in [4.69, 9.17) is 0 Å². The fourth-order valence-electron chi connectivity index (χ4n) is 3.48. The van der Waals surface area contributed by atoms with Crippen LogP contribution in [0.4, 0.5) is 0 Å². The van der Waals surface area contributed by atoms with Crippen LogP contribution in [0.1, 0.15) is 37.7 Å². The highest BCUT2D eigenvalue weighted by atomic mass is 16.3. The molecule has 2 aromatic rings. The predicted molar refractivity (Wildman–Crippen MR) is 87.3 cm³/mol. The zero-order chi connectivity index (χ0) is 14.9. The summed E-state index contributed by atoms with van der Waals surface area (Å²) in [5, 5.41) is 11.7. The van der Waals surface area contributed by atoms with Gasteiger partial charge in [-0.05, 0) is 49.4 Å². The van der Waals surface area contributed by atoms with E-state index >= 15 is 0 Å². The van der Waals surface area contributed by atoms with Gasteiger partial charge in [0.1, 0.15) is 0 Å². The molecular formula is C18H26N2O. The van der Waals surface area contributed by atoms with Gasteiger partial charge in [0, 0.05) is 31.9 Å². The molecule has 0 bridgehead atoms. The van der Waals surface area contributed by atoms with E-state index in [1.54, 1.807) is 0 Å². The summed E-state index contributed by atoms with van der Waals surface area (Å²) in [6.45, 7) is 1.90. The van der Waals surface area contributed by atoms with Crippen molar-refractivity contribution in [3.63, 3.8) is 0 Å². The SMILES string of the molecule is CN(CCC1(O)CCCC1)Cc1ccc2ccn(C)c2c1. The van der Waals surface area contributed by atoms with Gasteiger partial charge in [0.2, 0.25) is 0 Å². The van der Waals surface area contributed by atoms with E-state index in [0.29, 0.717) is 0 Å². The minimum Gasteiger partial charge on any atom is -0.390 e. The summed E-state index contributed by atoms with van der Waals surface area (Å²) in [7, 11) is 4.24. The fourth-order valence-corrected chi connectivity index (χ4v) is 3.48. The molecule has 1 saturated carbocycles. The Labute approximate surface area is 127 Å². The van der Waals surface area contributed by atoms with Crippen LogP contribution in [0.2, 0.25) is 0 Å². The topological polar surface area (TPSA) is 28.4 Å². The van der Waals surface area contributed by atoms with Crippen molar-refractivity contribution in [3.05, 3.63) is 36.0 Å². The van der Waals surface area contributed by atoms with E-state index in [0.717, 1.165) is 32.4 Å². The molecule has 0 spiro atoms. The van der Waals surface area contributed by atoms with Gasteiger partial charge in [-0.2, -0.15) is 0 Å². The van der Waals surface area contributed by atoms with E-state index in [1.807, 2.05) is 0 Å². The van der Waals surface area contributed by atoms with Crippen LogP contribution in [0.5, 0.6) is 0 Å². The minimum absolute atomic E-state index is 0.393. The number of benzene rings is 1. The second-order valence-electron chi connectivity index (χ2n) is 6.74. The van der Waals surface area contributed by atoms with Crippen LogP contribution in [-0.4, -0.2) is 33.8 Å². The first-order valence-electron chi connectivity index (χ1n) is 8.01. The van der Waals surface area contributed by atoms with Crippen molar-refractivity contribution in [2.45, 2.75) is 44.2 Å². The molecule has 21 heavy (non-hydrogen) atoms. The van der Waals surface area contributed by atoms with Crippen LogP contribution in [0.25, 0.3) is 10.9 Å². The van der Waals surface area contributed by atoms with Crippen LogP contribution in [0.3, 0.4) is 0 Å². The number of fused-ring (bicyclic) bond motifs is 1. The molecule has 1 heterocycles. The average Bonchev–Trinajstić information content (AvgIpc) is 3.05. The second-order valence-corrected chi connectivity index (χ2v) is 6.74. The second kappa shape index (κ2) is 5.82. The monoisotopic (exact) mass is 286 g/mol. The van der Waals surface area contributed by atoms with E-state index in [-0.39, 0.29) is 0 Å². The zero-order valence-electron chi connectivity index (χ0n) is 13.2. The molecule has 0 amide bonds. The molecule has 1 N–H and O–H groups in total. The van der Waals surface area contributed by atoms with Gasteiger partial charge in [-0.15, -0.1) is 0 Å². The van der Waals surface area contributed by atoms with Crippen molar-refractivity contribution >= 4 is 10.9 Å². The Hall–Kier alpha value is -1.32. The Bertz CT molecular complexity index is 611. The van der Waals surface area contributed by atoms with Gasteiger partial charge in [-0.3, -0.25) is 0 Å². The maximum absolute atomic E-state index is 10.4. The molecule has 3 nitrogen and oxygen atoms in total. The molecule has 1 aliphatic carbocycles. The van der Waals surface area contributed by atoms with Crippen molar-refractivity contribution in [1.29, 1.82) is 0 Å². The molecule has 114 valence electrons. The van der Waals surface area contributed by atoms with Crippen molar-refractivity contribution in [3.8, 4) is 0 Å². The lowest BCUT2D eigenvalue weighted by atomic mass is 9.98. The highest BCUT2D eigenvalue weighted by Crippen LogP contribution is 2.32. The first-order chi connectivity index (χ1) is 10.1. The van der Waals surface area contributed by atoms with Crippen LogP contribution in [-0.2, 0) is 13.6 Å². The Morgan fingerprint density at radius 2 is 2.00 bits per heavy atom. The van der Waals surface area contributed by atoms with Crippen LogP contribution in [0.15, 0.2) is 30.5 Å². The molecule has 0 saturated heterocycles. The van der Waals surface area contributed by atoms with Crippen LogP contribution >= 0.6 is 0 Å². The fraction of sp³-hybridized carbons (Fsp3) is 0.556. The molecule has 0 radical (unpaired) electrons. The normalized spacial score (nSPS) is 17.9. The number of aryl methyl sites for hydroxylation is 1. The number of rotatable bonds is 5. The van der Waals surface area contributed by atoms with Gasteiger partial charge in [-0.25, -0.2) is 0 Å². The molecule has 0 aliphatic heterocycles. The summed E-state index contributed by atoms with van der Waals surface area (Å²) in [4.78, 5) is 2.32. The summed E-state index contributed by atoms with van der Waals surface area (Å²) in [5.74, 6) is 0. The summed E-state index contributed by atoms with van der Waals surface area (Å²) >= 11 is 0. The Morgan fingerprint density at radius 3 is 2.76 bits per heavy atom. The molecule has 0 atom stereocenters. The first kappa shape index (κ1) is 14.6. The van der Waals surface area contributed by atoms with Crippen molar-refractivity contribution in [2.24, 2.45) is 7.05 Å². The first-order valence-corrected chi connectivity index (χ1v) is 8.01. The van der Waals surface area contributed by atoms with E-state index in [9.17, 15) is 5.11 Å². The molecule has 1 aromatic carbocycles. The van der Waals surface area contributed by atoms with Gasteiger partial charge in [0.25, 0.3) is 0 Å². The van der Waals surface area contributed by atoms with Gasteiger partial charge in [-0.1, -0.05) is 25.0 Å². The van der Waals surface area contributed by atoms with E-state index < -0.39 is 5.60 Å². The smallest absolute Gasteiger partial charge is 0.0660 e. The quantitative estimate of drug-likeness (QED) is 0.913. The summed E-state index contributed by atoms with van der Waals surface area (Å²) in [5.41, 5.74) is 2.23. The molecule has 0 unspecified atom stereocenters. The average molecular weight is 286 g/mol. The van der Waals surface area contributed by atoms with Crippen LogP contribution < -0.4 is 0 Å². The standard InChI is InChI=1S/C18H26N2O/c1-19(12-10-18(21)8-3-4-9-18)14-15-5-6-16-7-11-20(2)17(16)13-15/h5-7,11,13,21H,3-4,8-10,12,14H2,1-2H3. The van der Waals surface area contributed by atoms with Crippen molar-refractivity contribution in [2.75, 3.05) is 13.6 Å². The lowest BCUT2D eigenvalue weighted by Gasteiger charge is -2.25. The number of aromatic nitrogens is 1. The zero-order valence-corrected chi connectivity index (χ0v) is 13.2. The third-order valence-corrected chi connectivity index (χ3v) is 4.90. The Balaban J connectivity index is 1.60. The van der Waals surface area contributed by atoms with Gasteiger partial charge < -0.3 is 14.6 Å².